The van der Waals surface area contributed by atoms with Gasteiger partial charge in [-0.3, -0.25) is 14.7 Å². The lowest BCUT2D eigenvalue weighted by molar-refractivity contribution is -0.112. The molecule has 1 saturated heterocycles. The Hall–Kier alpha value is -3.41. The maximum Gasteiger partial charge on any atom is 0.277 e. The van der Waals surface area contributed by atoms with Crippen molar-refractivity contribution in [3.63, 3.8) is 0 Å². The Morgan fingerprint density at radius 1 is 1.20 bits per heavy atom. The first-order valence-electron chi connectivity index (χ1n) is 10.2. The molecule has 0 radical (unpaired) electrons. The number of anilines is 1. The topological polar surface area (TPSA) is 70.6 Å². The lowest BCUT2D eigenvalue weighted by atomic mass is 9.94. The van der Waals surface area contributed by atoms with Crippen LogP contribution in [0.15, 0.2) is 64.9 Å². The smallest absolute Gasteiger partial charge is 0.277 e. The fourth-order valence-corrected chi connectivity index (χ4v) is 3.95. The predicted molar refractivity (Wildman–Crippen MR) is 120 cm³/mol. The summed E-state index contributed by atoms with van der Waals surface area (Å²) in [6, 6.07) is 13.6. The average molecular weight is 402 g/mol. The predicted octanol–water partition coefficient (Wildman–Crippen LogP) is 4.85. The highest BCUT2D eigenvalue weighted by atomic mass is 16.5. The zero-order valence-corrected chi connectivity index (χ0v) is 17.8. The molecule has 1 N–H and O–H groups in total. The molecule has 0 spiro atoms. The van der Waals surface area contributed by atoms with Gasteiger partial charge >= 0.3 is 0 Å². The quantitative estimate of drug-likeness (QED) is 0.663. The van der Waals surface area contributed by atoms with E-state index in [1.165, 1.54) is 0 Å². The molecule has 1 aliphatic heterocycles. The fourth-order valence-electron chi connectivity index (χ4n) is 3.95. The third-order valence-electron chi connectivity index (χ3n) is 5.32. The second kappa shape index (κ2) is 8.14. The van der Waals surface area contributed by atoms with Gasteiger partial charge in [0.15, 0.2) is 0 Å². The summed E-state index contributed by atoms with van der Waals surface area (Å²) in [5.41, 5.74) is 6.13. The van der Waals surface area contributed by atoms with Crippen molar-refractivity contribution >= 4 is 28.3 Å². The normalized spacial score (nSPS) is 17.9. The first kappa shape index (κ1) is 19.9. The summed E-state index contributed by atoms with van der Waals surface area (Å²) in [6.45, 7) is 6.82. The molecule has 6 nitrogen and oxygen atoms in total. The number of aliphatic imine (C=N–C) groups is 1. The zero-order valence-electron chi connectivity index (χ0n) is 17.8. The van der Waals surface area contributed by atoms with Crippen molar-refractivity contribution in [2.24, 2.45) is 4.99 Å². The van der Waals surface area contributed by atoms with Gasteiger partial charge in [0.25, 0.3) is 5.91 Å². The maximum absolute atomic E-state index is 13.4. The van der Waals surface area contributed by atoms with Crippen LogP contribution in [0, 0.1) is 0 Å². The van der Waals surface area contributed by atoms with Crippen LogP contribution in [0.25, 0.3) is 11.0 Å². The van der Waals surface area contributed by atoms with E-state index in [-0.39, 0.29) is 11.9 Å². The number of fused-ring (bicyclic) bond motifs is 1. The van der Waals surface area contributed by atoms with Gasteiger partial charge < -0.3 is 9.72 Å². The number of imidazole rings is 1. The molecule has 0 aliphatic carbocycles. The molecule has 6 heteroatoms. The molecule has 0 saturated carbocycles. The molecule has 154 valence electrons. The minimum absolute atomic E-state index is 0.0936. The number of H-pyrrole nitrogens is 1. The molecule has 2 aromatic carbocycles. The Balaban J connectivity index is 1.83. The molecule has 1 aromatic heterocycles. The van der Waals surface area contributed by atoms with E-state index in [1.807, 2.05) is 61.2 Å². The highest BCUT2D eigenvalue weighted by Crippen LogP contribution is 2.42. The van der Waals surface area contributed by atoms with E-state index in [9.17, 15) is 4.79 Å². The lowest BCUT2D eigenvalue weighted by Gasteiger charge is -2.26. The summed E-state index contributed by atoms with van der Waals surface area (Å²) < 4.78 is 5.73. The molecule has 0 bridgehead atoms. The van der Waals surface area contributed by atoms with E-state index in [4.69, 9.17) is 4.74 Å². The molecule has 1 amide bonds. The number of allylic oxidation sites excluding steroid dienone is 1. The number of ether oxygens (including phenoxy) is 1. The number of benzene rings is 2. The number of carbonyl (C=O) groups excluding carboxylic acids is 1. The van der Waals surface area contributed by atoms with Crippen molar-refractivity contribution < 1.29 is 9.53 Å². The summed E-state index contributed by atoms with van der Waals surface area (Å²) in [7, 11) is 1.68. The Bertz CT molecular complexity index is 1140. The zero-order chi connectivity index (χ0) is 21.3. The van der Waals surface area contributed by atoms with Crippen molar-refractivity contribution in [3.8, 4) is 5.75 Å². The molecule has 4 rings (SSSR count). The van der Waals surface area contributed by atoms with Crippen molar-refractivity contribution in [2.75, 3.05) is 18.6 Å². The van der Waals surface area contributed by atoms with Crippen LogP contribution in [0.3, 0.4) is 0 Å². The van der Waals surface area contributed by atoms with E-state index in [1.54, 1.807) is 13.4 Å². The Morgan fingerprint density at radius 3 is 2.63 bits per heavy atom. The molecular formula is C24H26N4O2. The van der Waals surface area contributed by atoms with Crippen LogP contribution in [0.1, 0.15) is 38.8 Å². The monoisotopic (exact) mass is 402 g/mol. The summed E-state index contributed by atoms with van der Waals surface area (Å²) in [5, 5.41) is 0. The largest absolute Gasteiger partial charge is 0.494 e. The number of aromatic nitrogens is 2. The Labute approximate surface area is 176 Å². The number of carbonyl (C=O) groups is 1. The third-order valence-corrected chi connectivity index (χ3v) is 5.32. The van der Waals surface area contributed by atoms with Gasteiger partial charge in [-0.1, -0.05) is 24.6 Å². The van der Waals surface area contributed by atoms with Gasteiger partial charge in [0.05, 0.1) is 30.0 Å². The summed E-state index contributed by atoms with van der Waals surface area (Å²) in [5.74, 6) is 0.738. The third kappa shape index (κ3) is 3.38. The van der Waals surface area contributed by atoms with Crippen LogP contribution in [-0.2, 0) is 4.79 Å². The standard InChI is InChI=1S/C24H26N4O2/c1-5-12-30-18-9-6-16(7-10-18)23-21(15(2)3)22(25-4)24(29)28(23)17-8-11-19-20(13-17)27-14-26-19/h6-11,13-14,23H,5,12H2,1-4H3,(H,26,27). The first-order chi connectivity index (χ1) is 14.5. The number of amides is 1. The molecule has 2 heterocycles. The average Bonchev–Trinajstić information content (AvgIpc) is 3.33. The number of hydrogen-bond donors (Lipinski definition) is 1. The number of nitrogens with one attached hydrogen (secondary N) is 1. The second-order valence-electron chi connectivity index (χ2n) is 7.59. The number of rotatable bonds is 5. The van der Waals surface area contributed by atoms with Crippen molar-refractivity contribution in [1.29, 1.82) is 0 Å². The lowest BCUT2D eigenvalue weighted by Crippen LogP contribution is -2.29. The van der Waals surface area contributed by atoms with Crippen LogP contribution < -0.4 is 9.64 Å². The molecule has 3 aromatic rings. The SMILES string of the molecule is CCCOc1ccc(C2C(=C(C)C)C(=NC)C(=O)N2c2ccc3nc[nH]c3c2)cc1. The van der Waals surface area contributed by atoms with Gasteiger partial charge in [0, 0.05) is 18.3 Å². The highest BCUT2D eigenvalue weighted by Gasteiger charge is 2.43. The minimum Gasteiger partial charge on any atom is -0.494 e. The molecule has 1 unspecified atom stereocenters. The van der Waals surface area contributed by atoms with Gasteiger partial charge in [0.1, 0.15) is 11.5 Å². The second-order valence-corrected chi connectivity index (χ2v) is 7.59. The van der Waals surface area contributed by atoms with Crippen molar-refractivity contribution in [1.82, 2.24) is 9.97 Å². The highest BCUT2D eigenvalue weighted by molar-refractivity contribution is 6.53. The van der Waals surface area contributed by atoms with Crippen molar-refractivity contribution in [2.45, 2.75) is 33.2 Å². The molecular weight excluding hydrogens is 376 g/mol. The van der Waals surface area contributed by atoms with Crippen molar-refractivity contribution in [3.05, 3.63) is 65.5 Å². The van der Waals surface area contributed by atoms with Crippen LogP contribution >= 0.6 is 0 Å². The van der Waals surface area contributed by atoms with Gasteiger partial charge in [0.2, 0.25) is 0 Å². The molecule has 1 aliphatic rings. The van der Waals surface area contributed by atoms with Gasteiger partial charge in [-0.05, 0) is 56.2 Å². The van der Waals surface area contributed by atoms with Crippen LogP contribution in [0.4, 0.5) is 5.69 Å². The molecule has 1 atom stereocenters. The van der Waals surface area contributed by atoms with E-state index in [0.29, 0.717) is 12.3 Å². The Morgan fingerprint density at radius 2 is 1.97 bits per heavy atom. The van der Waals surface area contributed by atoms with Crippen LogP contribution in [-0.4, -0.2) is 35.2 Å². The maximum atomic E-state index is 13.4. The summed E-state index contributed by atoms with van der Waals surface area (Å²) in [6.07, 6.45) is 2.62. The van der Waals surface area contributed by atoms with Crippen LogP contribution in [0.2, 0.25) is 0 Å². The summed E-state index contributed by atoms with van der Waals surface area (Å²) in [4.78, 5) is 27.0. The first-order valence-corrected chi connectivity index (χ1v) is 10.2. The van der Waals surface area contributed by atoms with E-state index in [0.717, 1.165) is 45.6 Å². The van der Waals surface area contributed by atoms with E-state index in [2.05, 4.69) is 21.9 Å². The van der Waals surface area contributed by atoms with E-state index >= 15 is 0 Å². The number of nitrogens with zero attached hydrogens (tertiary/aromatic N) is 3. The number of aromatic amines is 1. The van der Waals surface area contributed by atoms with Gasteiger partial charge in [-0.25, -0.2) is 4.98 Å². The van der Waals surface area contributed by atoms with E-state index < -0.39 is 0 Å². The molecule has 30 heavy (non-hydrogen) atoms. The van der Waals surface area contributed by atoms with Crippen LogP contribution in [0.5, 0.6) is 5.75 Å². The van der Waals surface area contributed by atoms with Gasteiger partial charge in [-0.15, -0.1) is 0 Å². The van der Waals surface area contributed by atoms with Gasteiger partial charge in [-0.2, -0.15) is 0 Å². The number of hydrogen-bond acceptors (Lipinski definition) is 4. The Kier molecular flexibility index (Phi) is 5.40. The summed E-state index contributed by atoms with van der Waals surface area (Å²) >= 11 is 0. The molecule has 1 fully saturated rings. The fraction of sp³-hybridized carbons (Fsp3) is 0.292. The minimum atomic E-state index is -0.248.